The number of likely N-dealkylation sites (tertiary alicyclic amines) is 1. The average molecular weight is 238 g/mol. The molecule has 5 nitrogen and oxygen atoms in total. The molecule has 17 heavy (non-hydrogen) atoms. The Labute approximate surface area is 101 Å². The second-order valence-electron chi connectivity index (χ2n) is 4.22. The molecule has 1 saturated heterocycles. The first-order chi connectivity index (χ1) is 8.26. The van der Waals surface area contributed by atoms with Gasteiger partial charge in [-0.3, -0.25) is 4.79 Å². The van der Waals surface area contributed by atoms with Gasteiger partial charge in [-0.1, -0.05) is 0 Å². The molecule has 1 amide bonds. The molecule has 1 aromatic rings. The fraction of sp³-hybridized carbons (Fsp3) is 0.583. The van der Waals surface area contributed by atoms with E-state index in [1.54, 1.807) is 19.2 Å². The fourth-order valence-corrected chi connectivity index (χ4v) is 2.21. The van der Waals surface area contributed by atoms with Crippen LogP contribution in [-0.4, -0.2) is 37.1 Å². The first-order valence-corrected chi connectivity index (χ1v) is 5.85. The number of amides is 1. The molecule has 1 aliphatic heterocycles. The van der Waals surface area contributed by atoms with Gasteiger partial charge >= 0.3 is 0 Å². The van der Waals surface area contributed by atoms with Gasteiger partial charge in [-0.2, -0.15) is 0 Å². The summed E-state index contributed by atoms with van der Waals surface area (Å²) in [6.45, 7) is 1.66. The van der Waals surface area contributed by atoms with Crippen molar-refractivity contribution in [2.24, 2.45) is 5.73 Å². The lowest BCUT2D eigenvalue weighted by atomic mass is 10.2. The van der Waals surface area contributed by atoms with Gasteiger partial charge in [0.15, 0.2) is 5.76 Å². The highest BCUT2D eigenvalue weighted by atomic mass is 16.5. The maximum absolute atomic E-state index is 12.2. The lowest BCUT2D eigenvalue weighted by Crippen LogP contribution is -2.37. The van der Waals surface area contributed by atoms with Crippen LogP contribution in [0.15, 0.2) is 16.5 Å². The maximum Gasteiger partial charge on any atom is 0.289 e. The van der Waals surface area contributed by atoms with E-state index in [1.807, 2.05) is 4.90 Å². The van der Waals surface area contributed by atoms with Crippen LogP contribution in [-0.2, 0) is 11.3 Å². The summed E-state index contributed by atoms with van der Waals surface area (Å²) in [7, 11) is 1.65. The molecular weight excluding hydrogens is 220 g/mol. The summed E-state index contributed by atoms with van der Waals surface area (Å²) in [5.41, 5.74) is 5.45. The zero-order valence-electron chi connectivity index (χ0n) is 10.0. The zero-order valence-corrected chi connectivity index (χ0v) is 10.0. The van der Waals surface area contributed by atoms with Gasteiger partial charge in [0.2, 0.25) is 0 Å². The molecule has 1 aromatic heterocycles. The number of ether oxygens (including phenoxy) is 1. The first-order valence-electron chi connectivity index (χ1n) is 5.85. The molecule has 0 aliphatic carbocycles. The van der Waals surface area contributed by atoms with Gasteiger partial charge in [0, 0.05) is 13.7 Å². The predicted octanol–water partition coefficient (Wildman–Crippen LogP) is 0.989. The fourth-order valence-electron chi connectivity index (χ4n) is 2.21. The molecular formula is C12H18N2O3. The Kier molecular flexibility index (Phi) is 3.81. The molecule has 0 saturated carbocycles. The minimum absolute atomic E-state index is 0.0655. The van der Waals surface area contributed by atoms with E-state index in [9.17, 15) is 4.79 Å². The molecule has 2 rings (SSSR count). The van der Waals surface area contributed by atoms with E-state index in [4.69, 9.17) is 14.9 Å². The Morgan fingerprint density at radius 1 is 1.65 bits per heavy atom. The van der Waals surface area contributed by atoms with Crippen LogP contribution in [0.2, 0.25) is 0 Å². The largest absolute Gasteiger partial charge is 0.455 e. The van der Waals surface area contributed by atoms with Crippen molar-refractivity contribution in [3.8, 4) is 0 Å². The minimum Gasteiger partial charge on any atom is -0.455 e. The van der Waals surface area contributed by atoms with E-state index in [-0.39, 0.29) is 11.9 Å². The van der Waals surface area contributed by atoms with Gasteiger partial charge in [0.25, 0.3) is 5.91 Å². The van der Waals surface area contributed by atoms with Crippen molar-refractivity contribution in [3.63, 3.8) is 0 Å². The van der Waals surface area contributed by atoms with E-state index >= 15 is 0 Å². The molecule has 0 bridgehead atoms. The van der Waals surface area contributed by atoms with E-state index in [1.165, 1.54) is 0 Å². The van der Waals surface area contributed by atoms with Gasteiger partial charge < -0.3 is 19.8 Å². The van der Waals surface area contributed by atoms with Crippen LogP contribution in [0.4, 0.5) is 0 Å². The number of furan rings is 1. The van der Waals surface area contributed by atoms with E-state index < -0.39 is 0 Å². The highest BCUT2D eigenvalue weighted by Crippen LogP contribution is 2.21. The molecule has 1 fully saturated rings. The van der Waals surface area contributed by atoms with Crippen molar-refractivity contribution in [1.82, 2.24) is 4.90 Å². The number of nitrogens with two attached hydrogens (primary N) is 1. The summed E-state index contributed by atoms with van der Waals surface area (Å²) in [5.74, 6) is 0.938. The minimum atomic E-state index is -0.0655. The Balaban J connectivity index is 2.08. The van der Waals surface area contributed by atoms with Crippen molar-refractivity contribution >= 4 is 5.91 Å². The third kappa shape index (κ3) is 2.50. The third-order valence-electron chi connectivity index (χ3n) is 3.07. The van der Waals surface area contributed by atoms with Crippen molar-refractivity contribution in [1.29, 1.82) is 0 Å². The molecule has 0 radical (unpaired) electrons. The molecule has 94 valence electrons. The van der Waals surface area contributed by atoms with Crippen molar-refractivity contribution in [2.75, 3.05) is 20.3 Å². The van der Waals surface area contributed by atoms with E-state index in [0.717, 1.165) is 19.4 Å². The van der Waals surface area contributed by atoms with Crippen LogP contribution in [0.1, 0.15) is 29.2 Å². The van der Waals surface area contributed by atoms with Crippen LogP contribution >= 0.6 is 0 Å². The van der Waals surface area contributed by atoms with Crippen LogP contribution in [0.3, 0.4) is 0 Å². The molecule has 2 N–H and O–H groups in total. The summed E-state index contributed by atoms with van der Waals surface area (Å²) in [6, 6.07) is 3.60. The van der Waals surface area contributed by atoms with E-state index in [0.29, 0.717) is 24.7 Å². The highest BCUT2D eigenvalue weighted by molar-refractivity contribution is 5.92. The van der Waals surface area contributed by atoms with Crippen LogP contribution in [0, 0.1) is 0 Å². The topological polar surface area (TPSA) is 68.7 Å². The molecule has 1 unspecified atom stereocenters. The average Bonchev–Trinajstić information content (AvgIpc) is 2.97. The third-order valence-corrected chi connectivity index (χ3v) is 3.07. The summed E-state index contributed by atoms with van der Waals surface area (Å²) in [4.78, 5) is 14.0. The van der Waals surface area contributed by atoms with E-state index in [2.05, 4.69) is 0 Å². The van der Waals surface area contributed by atoms with Gasteiger partial charge in [-0.15, -0.1) is 0 Å². The molecule has 1 aliphatic rings. The smallest absolute Gasteiger partial charge is 0.289 e. The Morgan fingerprint density at radius 3 is 3.12 bits per heavy atom. The van der Waals surface area contributed by atoms with Gasteiger partial charge in [-0.25, -0.2) is 0 Å². The second kappa shape index (κ2) is 5.33. The number of hydrogen-bond donors (Lipinski definition) is 1. The molecule has 0 aromatic carbocycles. The molecule has 2 heterocycles. The summed E-state index contributed by atoms with van der Waals surface area (Å²) >= 11 is 0. The number of methoxy groups -OCH3 is 1. The van der Waals surface area contributed by atoms with Gasteiger partial charge in [0.05, 0.1) is 19.2 Å². The zero-order chi connectivity index (χ0) is 12.3. The first kappa shape index (κ1) is 12.1. The summed E-state index contributed by atoms with van der Waals surface area (Å²) in [6.07, 6.45) is 2.01. The lowest BCUT2D eigenvalue weighted by Gasteiger charge is -2.22. The van der Waals surface area contributed by atoms with Gasteiger partial charge in [0.1, 0.15) is 5.76 Å². The van der Waals surface area contributed by atoms with Crippen LogP contribution in [0.5, 0.6) is 0 Å². The van der Waals surface area contributed by atoms with Crippen molar-refractivity contribution in [2.45, 2.75) is 25.4 Å². The Hall–Kier alpha value is -1.33. The number of carbonyl (C=O) groups excluding carboxylic acids is 1. The molecule has 1 atom stereocenters. The summed E-state index contributed by atoms with van der Waals surface area (Å²) < 4.78 is 10.5. The number of hydrogen-bond acceptors (Lipinski definition) is 4. The second-order valence-corrected chi connectivity index (χ2v) is 4.22. The number of nitrogens with zero attached hydrogens (tertiary/aromatic N) is 1. The predicted molar refractivity (Wildman–Crippen MR) is 62.5 cm³/mol. The molecule has 5 heteroatoms. The maximum atomic E-state index is 12.2. The van der Waals surface area contributed by atoms with Gasteiger partial charge in [-0.05, 0) is 25.0 Å². The Morgan fingerprint density at radius 2 is 2.47 bits per heavy atom. The van der Waals surface area contributed by atoms with Crippen LogP contribution in [0.25, 0.3) is 0 Å². The Bertz CT molecular complexity index is 389. The SMILES string of the molecule is COCC1CCCN1C(=O)c1ccc(CN)o1. The molecule has 0 spiro atoms. The highest BCUT2D eigenvalue weighted by Gasteiger charge is 2.30. The van der Waals surface area contributed by atoms with Crippen molar-refractivity contribution < 1.29 is 13.9 Å². The number of carbonyl (C=O) groups is 1. The van der Waals surface area contributed by atoms with Crippen LogP contribution < -0.4 is 5.73 Å². The van der Waals surface area contributed by atoms with Crippen molar-refractivity contribution in [3.05, 3.63) is 23.7 Å². The quantitative estimate of drug-likeness (QED) is 0.849. The normalized spacial score (nSPS) is 19.9. The monoisotopic (exact) mass is 238 g/mol. The standard InChI is InChI=1S/C12H18N2O3/c1-16-8-9-3-2-6-14(9)12(15)11-5-4-10(7-13)17-11/h4-5,9H,2-3,6-8,13H2,1H3. The lowest BCUT2D eigenvalue weighted by molar-refractivity contribution is 0.0599. The number of rotatable bonds is 4. The summed E-state index contributed by atoms with van der Waals surface area (Å²) in [5, 5.41) is 0.